The average molecular weight is 200 g/mol. The number of ketones is 1. The summed E-state index contributed by atoms with van der Waals surface area (Å²) in [5, 5.41) is 0. The van der Waals surface area contributed by atoms with Gasteiger partial charge in [-0.15, -0.1) is 0 Å². The lowest BCUT2D eigenvalue weighted by Crippen LogP contribution is -2.02. The summed E-state index contributed by atoms with van der Waals surface area (Å²) >= 11 is 0. The van der Waals surface area contributed by atoms with Gasteiger partial charge in [0.15, 0.2) is 0 Å². The van der Waals surface area contributed by atoms with E-state index in [1.807, 2.05) is 0 Å². The highest BCUT2D eigenvalue weighted by atomic mass is 16.1. The molecule has 1 heteroatoms. The van der Waals surface area contributed by atoms with Crippen LogP contribution in [0.5, 0.6) is 0 Å². The summed E-state index contributed by atoms with van der Waals surface area (Å²) in [5.74, 6) is 0.565. The predicted molar refractivity (Wildman–Crippen MR) is 63.0 cm³/mol. The molecule has 15 heavy (non-hydrogen) atoms. The molecule has 1 aliphatic rings. The first kappa shape index (κ1) is 10.2. The maximum atomic E-state index is 11.2. The fourth-order valence-electron chi connectivity index (χ4n) is 2.45. The molecule has 0 spiro atoms. The minimum absolute atomic E-state index is 0.262. The van der Waals surface area contributed by atoms with Crippen molar-refractivity contribution in [2.75, 3.05) is 0 Å². The highest BCUT2D eigenvalue weighted by Crippen LogP contribution is 2.35. The molecule has 1 aliphatic carbocycles. The van der Waals surface area contributed by atoms with Gasteiger partial charge in [-0.3, -0.25) is 4.79 Å². The Labute approximate surface area is 90.8 Å². The van der Waals surface area contributed by atoms with Gasteiger partial charge >= 0.3 is 0 Å². The van der Waals surface area contributed by atoms with Crippen LogP contribution >= 0.6 is 0 Å². The zero-order valence-corrected chi connectivity index (χ0v) is 9.50. The van der Waals surface area contributed by atoms with Crippen LogP contribution in [-0.4, -0.2) is 5.78 Å². The second kappa shape index (κ2) is 3.65. The maximum absolute atomic E-state index is 11.2. The Bertz CT molecular complexity index is 441. The van der Waals surface area contributed by atoms with Crippen molar-refractivity contribution in [2.45, 2.75) is 33.1 Å². The first-order valence-corrected chi connectivity index (χ1v) is 5.36. The molecule has 0 bridgehead atoms. The van der Waals surface area contributed by atoms with Crippen molar-refractivity contribution >= 4 is 11.9 Å². The third-order valence-corrected chi connectivity index (χ3v) is 2.95. The molecule has 1 atom stereocenters. The van der Waals surface area contributed by atoms with E-state index in [1.165, 1.54) is 22.3 Å². The summed E-state index contributed by atoms with van der Waals surface area (Å²) in [6.07, 6.45) is 4.93. The number of benzene rings is 1. The molecule has 2 rings (SSSR count). The van der Waals surface area contributed by atoms with Crippen molar-refractivity contribution in [3.05, 3.63) is 40.5 Å². The molecule has 0 heterocycles. The smallest absolute Gasteiger partial charge is 0.130 e. The monoisotopic (exact) mass is 200 g/mol. The Morgan fingerprint density at radius 1 is 1.33 bits per heavy atom. The van der Waals surface area contributed by atoms with E-state index < -0.39 is 0 Å². The van der Waals surface area contributed by atoms with E-state index in [2.05, 4.69) is 38.1 Å². The molecule has 0 aliphatic heterocycles. The Kier molecular flexibility index (Phi) is 2.47. The van der Waals surface area contributed by atoms with Gasteiger partial charge in [0.25, 0.3) is 0 Å². The molecule has 0 saturated heterocycles. The number of carbonyl (C=O) groups excluding carboxylic acids is 1. The van der Waals surface area contributed by atoms with Crippen molar-refractivity contribution in [1.29, 1.82) is 0 Å². The molecule has 0 radical (unpaired) electrons. The van der Waals surface area contributed by atoms with Crippen LogP contribution in [0.4, 0.5) is 0 Å². The number of allylic oxidation sites excluding steroid dienone is 1. The highest BCUT2D eigenvalue weighted by molar-refractivity contribution is 5.79. The number of aryl methyl sites for hydroxylation is 2. The van der Waals surface area contributed by atoms with E-state index in [0.717, 1.165) is 0 Å². The number of fused-ring (bicyclic) bond motifs is 1. The first-order chi connectivity index (χ1) is 7.08. The molecule has 1 nitrogen and oxygen atoms in total. The summed E-state index contributed by atoms with van der Waals surface area (Å²) in [6.45, 7) is 5.90. The Morgan fingerprint density at radius 2 is 2.07 bits per heavy atom. The van der Waals surface area contributed by atoms with E-state index in [4.69, 9.17) is 0 Å². The molecule has 0 N–H and O–H groups in total. The SMILES string of the molecule is CC(=O)CC1C=Cc2cc(C)cc(C)c21. The molecule has 1 unspecified atom stereocenters. The van der Waals surface area contributed by atoms with Crippen molar-refractivity contribution in [1.82, 2.24) is 0 Å². The quantitative estimate of drug-likeness (QED) is 0.715. The summed E-state index contributed by atoms with van der Waals surface area (Å²) in [5.41, 5.74) is 5.23. The Balaban J connectivity index is 2.41. The van der Waals surface area contributed by atoms with Crippen molar-refractivity contribution < 1.29 is 4.79 Å². The molecule has 1 aromatic rings. The second-order valence-electron chi connectivity index (χ2n) is 4.46. The summed E-state index contributed by atoms with van der Waals surface area (Å²) < 4.78 is 0. The van der Waals surface area contributed by atoms with Crippen molar-refractivity contribution in [3.63, 3.8) is 0 Å². The maximum Gasteiger partial charge on any atom is 0.130 e. The van der Waals surface area contributed by atoms with Crippen molar-refractivity contribution in [2.24, 2.45) is 0 Å². The minimum atomic E-state index is 0.262. The van der Waals surface area contributed by atoms with Gasteiger partial charge in [0.1, 0.15) is 5.78 Å². The first-order valence-electron chi connectivity index (χ1n) is 5.36. The number of hydrogen-bond donors (Lipinski definition) is 0. The molecule has 78 valence electrons. The Hall–Kier alpha value is -1.37. The van der Waals surface area contributed by atoms with Crippen LogP contribution in [0.15, 0.2) is 18.2 Å². The van der Waals surface area contributed by atoms with Gasteiger partial charge in [0.05, 0.1) is 0 Å². The lowest BCUT2D eigenvalue weighted by Gasteiger charge is -2.13. The number of carbonyl (C=O) groups is 1. The van der Waals surface area contributed by atoms with Gasteiger partial charge in [-0.1, -0.05) is 29.8 Å². The molecular weight excluding hydrogens is 184 g/mol. The van der Waals surface area contributed by atoms with E-state index in [-0.39, 0.29) is 5.78 Å². The van der Waals surface area contributed by atoms with Gasteiger partial charge in [-0.05, 0) is 37.5 Å². The van der Waals surface area contributed by atoms with Crippen LogP contribution in [0, 0.1) is 13.8 Å². The van der Waals surface area contributed by atoms with Gasteiger partial charge in [-0.2, -0.15) is 0 Å². The predicted octanol–water partition coefficient (Wildman–Crippen LogP) is 3.39. The highest BCUT2D eigenvalue weighted by Gasteiger charge is 2.20. The zero-order valence-electron chi connectivity index (χ0n) is 9.50. The molecule has 0 fully saturated rings. The second-order valence-corrected chi connectivity index (χ2v) is 4.46. The standard InChI is InChI=1S/C14H16O/c1-9-6-10(2)14-12(7-9)4-5-13(14)8-11(3)15/h4-7,13H,8H2,1-3H3. The lowest BCUT2D eigenvalue weighted by molar-refractivity contribution is -0.117. The van der Waals surface area contributed by atoms with E-state index in [9.17, 15) is 4.79 Å². The normalized spacial score (nSPS) is 17.9. The Morgan fingerprint density at radius 3 is 2.73 bits per heavy atom. The van der Waals surface area contributed by atoms with Crippen LogP contribution in [0.3, 0.4) is 0 Å². The van der Waals surface area contributed by atoms with Crippen LogP contribution in [0.2, 0.25) is 0 Å². The molecule has 0 amide bonds. The van der Waals surface area contributed by atoms with Crippen molar-refractivity contribution in [3.8, 4) is 0 Å². The lowest BCUT2D eigenvalue weighted by atomic mass is 9.91. The van der Waals surface area contributed by atoms with E-state index in [0.29, 0.717) is 12.3 Å². The third-order valence-electron chi connectivity index (χ3n) is 2.95. The topological polar surface area (TPSA) is 17.1 Å². The van der Waals surface area contributed by atoms with E-state index in [1.54, 1.807) is 6.92 Å². The van der Waals surface area contributed by atoms with E-state index >= 15 is 0 Å². The summed E-state index contributed by atoms with van der Waals surface area (Å²) in [7, 11) is 0. The zero-order chi connectivity index (χ0) is 11.0. The molecule has 0 aromatic heterocycles. The number of rotatable bonds is 2. The van der Waals surface area contributed by atoms with Crippen LogP contribution in [-0.2, 0) is 4.79 Å². The molecule has 1 aromatic carbocycles. The third kappa shape index (κ3) is 1.87. The fourth-order valence-corrected chi connectivity index (χ4v) is 2.45. The number of Topliss-reactive ketones (excluding diaryl/α,β-unsaturated/α-hetero) is 1. The molecule has 0 saturated carbocycles. The van der Waals surface area contributed by atoms with Gasteiger partial charge in [0, 0.05) is 12.3 Å². The van der Waals surface area contributed by atoms with Gasteiger partial charge < -0.3 is 0 Å². The minimum Gasteiger partial charge on any atom is -0.300 e. The van der Waals surface area contributed by atoms with Gasteiger partial charge in [-0.25, -0.2) is 0 Å². The number of hydrogen-bond acceptors (Lipinski definition) is 1. The fraction of sp³-hybridized carbons (Fsp3) is 0.357. The van der Waals surface area contributed by atoms with Crippen LogP contribution in [0.25, 0.3) is 6.08 Å². The molecular formula is C14H16O. The van der Waals surface area contributed by atoms with Gasteiger partial charge in [0.2, 0.25) is 0 Å². The van der Waals surface area contributed by atoms with Crippen LogP contribution < -0.4 is 0 Å². The average Bonchev–Trinajstić information content (AvgIpc) is 2.46. The van der Waals surface area contributed by atoms with Crippen LogP contribution in [0.1, 0.15) is 41.5 Å². The largest absolute Gasteiger partial charge is 0.300 e. The summed E-state index contributed by atoms with van der Waals surface area (Å²) in [4.78, 5) is 11.2. The summed E-state index contributed by atoms with van der Waals surface area (Å²) in [6, 6.07) is 4.39.